The van der Waals surface area contributed by atoms with Crippen LogP contribution in [-0.4, -0.2) is 35.5 Å². The topological polar surface area (TPSA) is 46.6 Å². The van der Waals surface area contributed by atoms with Gasteiger partial charge in [0.2, 0.25) is 0 Å². The van der Waals surface area contributed by atoms with Crippen molar-refractivity contribution in [3.8, 4) is 0 Å². The van der Waals surface area contributed by atoms with Gasteiger partial charge in [-0.3, -0.25) is 4.79 Å². The summed E-state index contributed by atoms with van der Waals surface area (Å²) in [5, 5.41) is 1.68. The standard InChI is InChI=1S/C18H19Cl2NO3S/c1-10-4-3-5-11(2)21(10)15(22)9-24-18(23)17-16(20)13-7-6-12(19)8-14(13)25-17/h6-8,10-11H,3-5,9H2,1-2H3/t10-,11+. The van der Waals surface area contributed by atoms with Crippen LogP contribution < -0.4 is 0 Å². The molecule has 0 bridgehead atoms. The third kappa shape index (κ3) is 3.78. The summed E-state index contributed by atoms with van der Waals surface area (Å²) in [5.74, 6) is -0.735. The van der Waals surface area contributed by atoms with E-state index in [1.165, 1.54) is 11.3 Å². The van der Waals surface area contributed by atoms with Crippen LogP contribution in [0.3, 0.4) is 0 Å². The van der Waals surface area contributed by atoms with E-state index in [2.05, 4.69) is 0 Å². The number of carbonyl (C=O) groups excluding carboxylic acids is 2. The Hall–Kier alpha value is -1.30. The number of benzene rings is 1. The number of fused-ring (bicyclic) bond motifs is 1. The summed E-state index contributed by atoms with van der Waals surface area (Å²) in [4.78, 5) is 26.9. The van der Waals surface area contributed by atoms with E-state index in [1.807, 2.05) is 18.7 Å². The minimum atomic E-state index is -0.576. The molecule has 25 heavy (non-hydrogen) atoms. The first-order chi connectivity index (χ1) is 11.9. The van der Waals surface area contributed by atoms with Gasteiger partial charge >= 0.3 is 5.97 Å². The van der Waals surface area contributed by atoms with E-state index in [0.717, 1.165) is 29.3 Å². The van der Waals surface area contributed by atoms with Crippen LogP contribution in [0.2, 0.25) is 10.0 Å². The Kier molecular flexibility index (Phi) is 5.56. The molecule has 0 aliphatic carbocycles. The SMILES string of the molecule is C[C@@H]1CCC[C@H](C)N1C(=O)COC(=O)c1sc2cc(Cl)ccc2c1Cl. The Labute approximate surface area is 160 Å². The number of esters is 1. The molecule has 1 fully saturated rings. The van der Waals surface area contributed by atoms with Crippen LogP contribution >= 0.6 is 34.5 Å². The highest BCUT2D eigenvalue weighted by atomic mass is 35.5. The molecular formula is C18H19Cl2NO3S. The highest BCUT2D eigenvalue weighted by Crippen LogP contribution is 2.37. The zero-order valence-corrected chi connectivity index (χ0v) is 16.4. The summed E-state index contributed by atoms with van der Waals surface area (Å²) in [7, 11) is 0. The van der Waals surface area contributed by atoms with Crippen molar-refractivity contribution in [3.05, 3.63) is 33.1 Å². The van der Waals surface area contributed by atoms with Gasteiger partial charge in [-0.2, -0.15) is 0 Å². The van der Waals surface area contributed by atoms with Gasteiger partial charge < -0.3 is 9.64 Å². The number of thiophene rings is 1. The predicted octanol–water partition coefficient (Wildman–Crippen LogP) is 5.15. The average molecular weight is 400 g/mol. The molecule has 0 spiro atoms. The van der Waals surface area contributed by atoms with Gasteiger partial charge in [0.15, 0.2) is 6.61 Å². The van der Waals surface area contributed by atoms with Gasteiger partial charge in [0.25, 0.3) is 5.91 Å². The Bertz CT molecular complexity index is 810. The molecule has 3 rings (SSSR count). The van der Waals surface area contributed by atoms with Gasteiger partial charge in [-0.1, -0.05) is 29.3 Å². The number of carbonyl (C=O) groups is 2. The van der Waals surface area contributed by atoms with Gasteiger partial charge in [-0.15, -0.1) is 11.3 Å². The number of halogens is 2. The highest BCUT2D eigenvalue weighted by Gasteiger charge is 2.30. The monoisotopic (exact) mass is 399 g/mol. The molecule has 1 aliphatic heterocycles. The van der Waals surface area contributed by atoms with Crippen LogP contribution in [0.4, 0.5) is 0 Å². The Morgan fingerprint density at radius 2 is 1.92 bits per heavy atom. The molecule has 7 heteroatoms. The fourth-order valence-corrected chi connectivity index (χ4v) is 5.03. The minimum absolute atomic E-state index is 0.159. The molecule has 1 saturated heterocycles. The molecule has 2 atom stereocenters. The molecule has 1 aromatic heterocycles. The normalized spacial score (nSPS) is 20.7. The number of ether oxygens (including phenoxy) is 1. The molecule has 1 aromatic carbocycles. The molecule has 134 valence electrons. The van der Waals surface area contributed by atoms with E-state index >= 15 is 0 Å². The first-order valence-corrected chi connectivity index (χ1v) is 9.81. The molecule has 1 amide bonds. The number of hydrogen-bond acceptors (Lipinski definition) is 4. The van der Waals surface area contributed by atoms with Crippen LogP contribution in [0, 0.1) is 0 Å². The van der Waals surface area contributed by atoms with Crippen molar-refractivity contribution < 1.29 is 14.3 Å². The fourth-order valence-electron chi connectivity index (χ4n) is 3.35. The summed E-state index contributed by atoms with van der Waals surface area (Å²) in [6, 6.07) is 5.59. The van der Waals surface area contributed by atoms with Gasteiger partial charge in [0, 0.05) is 27.2 Å². The Morgan fingerprint density at radius 1 is 1.24 bits per heavy atom. The second-order valence-corrected chi connectivity index (χ2v) is 8.26. The first kappa shape index (κ1) is 18.5. The maximum atomic E-state index is 12.5. The van der Waals surface area contributed by atoms with Crippen LogP contribution in [0.15, 0.2) is 18.2 Å². The molecular weight excluding hydrogens is 381 g/mol. The van der Waals surface area contributed by atoms with Crippen molar-refractivity contribution in [1.29, 1.82) is 0 Å². The summed E-state index contributed by atoms with van der Waals surface area (Å²) in [6.45, 7) is 3.79. The molecule has 0 radical (unpaired) electrons. The molecule has 2 heterocycles. The first-order valence-electron chi connectivity index (χ1n) is 8.24. The molecule has 0 unspecified atom stereocenters. The second-order valence-electron chi connectivity index (χ2n) is 6.39. The van der Waals surface area contributed by atoms with E-state index in [9.17, 15) is 9.59 Å². The summed E-state index contributed by atoms with van der Waals surface area (Å²) in [5.41, 5.74) is 0. The number of nitrogens with zero attached hydrogens (tertiary/aromatic N) is 1. The number of piperidine rings is 1. The minimum Gasteiger partial charge on any atom is -0.451 e. The van der Waals surface area contributed by atoms with Gasteiger partial charge in [-0.25, -0.2) is 4.79 Å². The van der Waals surface area contributed by atoms with Crippen LogP contribution in [0.5, 0.6) is 0 Å². The van der Waals surface area contributed by atoms with Crippen LogP contribution in [0.25, 0.3) is 10.1 Å². The zero-order valence-electron chi connectivity index (χ0n) is 14.1. The number of amides is 1. The second kappa shape index (κ2) is 7.52. The summed E-state index contributed by atoms with van der Waals surface area (Å²) in [6.07, 6.45) is 3.08. The van der Waals surface area contributed by atoms with Crippen LogP contribution in [0.1, 0.15) is 42.8 Å². The van der Waals surface area contributed by atoms with E-state index in [0.29, 0.717) is 14.9 Å². The molecule has 1 aliphatic rings. The van der Waals surface area contributed by atoms with Crippen LogP contribution in [-0.2, 0) is 9.53 Å². The van der Waals surface area contributed by atoms with Gasteiger partial charge in [0.1, 0.15) is 4.88 Å². The summed E-state index contributed by atoms with van der Waals surface area (Å²) >= 11 is 13.5. The number of hydrogen-bond donors (Lipinski definition) is 0. The third-order valence-electron chi connectivity index (χ3n) is 4.59. The Balaban J connectivity index is 1.70. The van der Waals surface area contributed by atoms with Crippen molar-refractivity contribution in [2.24, 2.45) is 0 Å². The van der Waals surface area contributed by atoms with Crippen molar-refractivity contribution >= 4 is 56.5 Å². The van der Waals surface area contributed by atoms with Gasteiger partial charge in [-0.05, 0) is 45.2 Å². The third-order valence-corrected chi connectivity index (χ3v) is 6.46. The predicted molar refractivity (Wildman–Crippen MR) is 102 cm³/mol. The van der Waals surface area contributed by atoms with Crippen molar-refractivity contribution in [1.82, 2.24) is 4.90 Å². The molecule has 0 saturated carbocycles. The lowest BCUT2D eigenvalue weighted by Gasteiger charge is -2.38. The van der Waals surface area contributed by atoms with E-state index < -0.39 is 5.97 Å². The molecule has 4 nitrogen and oxygen atoms in total. The van der Waals surface area contributed by atoms with E-state index in [-0.39, 0.29) is 24.6 Å². The molecule has 2 aromatic rings. The van der Waals surface area contributed by atoms with Crippen molar-refractivity contribution in [2.75, 3.05) is 6.61 Å². The average Bonchev–Trinajstić information content (AvgIpc) is 2.88. The van der Waals surface area contributed by atoms with E-state index in [4.69, 9.17) is 27.9 Å². The maximum absolute atomic E-state index is 12.5. The zero-order chi connectivity index (χ0) is 18.1. The summed E-state index contributed by atoms with van der Waals surface area (Å²) < 4.78 is 6.06. The van der Waals surface area contributed by atoms with Crippen molar-refractivity contribution in [3.63, 3.8) is 0 Å². The smallest absolute Gasteiger partial charge is 0.350 e. The van der Waals surface area contributed by atoms with Gasteiger partial charge in [0.05, 0.1) is 5.02 Å². The van der Waals surface area contributed by atoms with Crippen molar-refractivity contribution in [2.45, 2.75) is 45.2 Å². The fraction of sp³-hybridized carbons (Fsp3) is 0.444. The lowest BCUT2D eigenvalue weighted by molar-refractivity contribution is -0.140. The maximum Gasteiger partial charge on any atom is 0.350 e. The highest BCUT2D eigenvalue weighted by molar-refractivity contribution is 7.21. The lowest BCUT2D eigenvalue weighted by Crippen LogP contribution is -2.49. The van der Waals surface area contributed by atoms with E-state index in [1.54, 1.807) is 18.2 Å². The number of rotatable bonds is 3. The number of likely N-dealkylation sites (tertiary alicyclic amines) is 1. The Morgan fingerprint density at radius 3 is 2.60 bits per heavy atom. The lowest BCUT2D eigenvalue weighted by atomic mass is 9.97. The largest absolute Gasteiger partial charge is 0.451 e. The molecule has 0 N–H and O–H groups in total. The quantitative estimate of drug-likeness (QED) is 0.669.